The quantitative estimate of drug-likeness (QED) is 0.657. The van der Waals surface area contributed by atoms with Crippen LogP contribution in [0, 0.1) is 0 Å². The van der Waals surface area contributed by atoms with E-state index in [4.69, 9.17) is 0 Å². The lowest BCUT2D eigenvalue weighted by atomic mass is 10.2. The summed E-state index contributed by atoms with van der Waals surface area (Å²) in [6.45, 7) is 7.08. The highest BCUT2D eigenvalue weighted by molar-refractivity contribution is 5.24. The Bertz CT molecular complexity index is 211. The van der Waals surface area contributed by atoms with Crippen LogP contribution in [0.4, 0.5) is 0 Å². The van der Waals surface area contributed by atoms with Gasteiger partial charge in [-0.2, -0.15) is 0 Å². The minimum absolute atomic E-state index is 0.964. The number of rotatable bonds is 5. The fourth-order valence-electron chi connectivity index (χ4n) is 1.25. The van der Waals surface area contributed by atoms with Gasteiger partial charge in [-0.15, -0.1) is 0 Å². The molecule has 0 amide bonds. The van der Waals surface area contributed by atoms with E-state index in [1.54, 1.807) is 0 Å². The van der Waals surface area contributed by atoms with Gasteiger partial charge in [-0.3, -0.25) is 0 Å². The molecular formula is C11H17N. The summed E-state index contributed by atoms with van der Waals surface area (Å²) in [5, 5.41) is 3.32. The highest BCUT2D eigenvalue weighted by atomic mass is 14.9. The summed E-state index contributed by atoms with van der Waals surface area (Å²) < 4.78 is 0. The van der Waals surface area contributed by atoms with E-state index in [0.29, 0.717) is 0 Å². The number of nitrogens with one attached hydrogen (secondary N) is 1. The Morgan fingerprint density at radius 3 is 3.08 bits per heavy atom. The first-order valence-corrected chi connectivity index (χ1v) is 4.59. The lowest BCUT2D eigenvalue weighted by molar-refractivity contribution is 0.770. The molecule has 1 heteroatoms. The van der Waals surface area contributed by atoms with Crippen molar-refractivity contribution in [1.29, 1.82) is 0 Å². The maximum absolute atomic E-state index is 3.95. The molecule has 0 aromatic carbocycles. The molecule has 0 aromatic heterocycles. The lowest BCUT2D eigenvalue weighted by Gasteiger charge is -2.08. The first-order chi connectivity index (χ1) is 5.83. The van der Waals surface area contributed by atoms with Crippen LogP contribution < -0.4 is 5.32 Å². The summed E-state index contributed by atoms with van der Waals surface area (Å²) in [6, 6.07) is 0. The van der Waals surface area contributed by atoms with Gasteiger partial charge in [0, 0.05) is 12.2 Å². The van der Waals surface area contributed by atoms with Crippen LogP contribution in [0.15, 0.2) is 36.1 Å². The van der Waals surface area contributed by atoms with Gasteiger partial charge in [0.2, 0.25) is 0 Å². The molecule has 0 atom stereocenters. The first kappa shape index (κ1) is 9.11. The van der Waals surface area contributed by atoms with E-state index in [1.165, 1.54) is 12.0 Å². The Hall–Kier alpha value is -0.980. The smallest absolute Gasteiger partial charge is 0.0363 e. The fourth-order valence-corrected chi connectivity index (χ4v) is 1.25. The van der Waals surface area contributed by atoms with E-state index < -0.39 is 0 Å². The molecule has 0 saturated heterocycles. The Kier molecular flexibility index (Phi) is 3.65. The van der Waals surface area contributed by atoms with Crippen LogP contribution in [0.3, 0.4) is 0 Å². The van der Waals surface area contributed by atoms with Gasteiger partial charge in [0.25, 0.3) is 0 Å². The average molecular weight is 163 g/mol. The maximum Gasteiger partial charge on any atom is 0.0363 e. The van der Waals surface area contributed by atoms with Crippen LogP contribution in [0.2, 0.25) is 0 Å². The van der Waals surface area contributed by atoms with Gasteiger partial charge in [-0.05, 0) is 18.4 Å². The van der Waals surface area contributed by atoms with Crippen molar-refractivity contribution in [3.8, 4) is 0 Å². The second-order valence-electron chi connectivity index (χ2n) is 3.16. The van der Waals surface area contributed by atoms with Crippen LogP contribution >= 0.6 is 0 Å². The molecule has 66 valence electrons. The summed E-state index contributed by atoms with van der Waals surface area (Å²) in [4.78, 5) is 0. The van der Waals surface area contributed by atoms with Crippen LogP contribution in [-0.2, 0) is 0 Å². The molecule has 0 spiro atoms. The fraction of sp³-hybridized carbons (Fsp3) is 0.455. The van der Waals surface area contributed by atoms with Crippen LogP contribution in [0.25, 0.3) is 0 Å². The highest BCUT2D eigenvalue weighted by Gasteiger charge is 1.98. The molecule has 1 aliphatic rings. The Labute approximate surface area is 74.9 Å². The van der Waals surface area contributed by atoms with Crippen molar-refractivity contribution in [2.45, 2.75) is 26.2 Å². The van der Waals surface area contributed by atoms with Crippen molar-refractivity contribution in [3.05, 3.63) is 36.1 Å². The molecule has 0 heterocycles. The van der Waals surface area contributed by atoms with E-state index in [2.05, 4.69) is 37.0 Å². The van der Waals surface area contributed by atoms with E-state index >= 15 is 0 Å². The van der Waals surface area contributed by atoms with E-state index in [9.17, 15) is 0 Å². The Morgan fingerprint density at radius 1 is 1.67 bits per heavy atom. The molecular weight excluding hydrogens is 146 g/mol. The average Bonchev–Trinajstić information content (AvgIpc) is 2.53. The van der Waals surface area contributed by atoms with Gasteiger partial charge < -0.3 is 5.32 Å². The summed E-state index contributed by atoms with van der Waals surface area (Å²) in [7, 11) is 0. The molecule has 1 nitrogen and oxygen atoms in total. The van der Waals surface area contributed by atoms with Crippen LogP contribution in [0.5, 0.6) is 0 Å². The second kappa shape index (κ2) is 4.81. The number of allylic oxidation sites excluding steroid dienone is 4. The van der Waals surface area contributed by atoms with Crippen molar-refractivity contribution in [2.75, 3.05) is 6.54 Å². The van der Waals surface area contributed by atoms with Crippen molar-refractivity contribution in [1.82, 2.24) is 5.32 Å². The molecule has 0 fully saturated rings. The maximum atomic E-state index is 3.95. The van der Waals surface area contributed by atoms with Gasteiger partial charge in [-0.25, -0.2) is 0 Å². The van der Waals surface area contributed by atoms with Crippen LogP contribution in [-0.4, -0.2) is 6.54 Å². The van der Waals surface area contributed by atoms with E-state index in [-0.39, 0.29) is 0 Å². The second-order valence-corrected chi connectivity index (χ2v) is 3.16. The summed E-state index contributed by atoms with van der Waals surface area (Å²) >= 11 is 0. The van der Waals surface area contributed by atoms with Crippen molar-refractivity contribution >= 4 is 0 Å². The van der Waals surface area contributed by atoms with Gasteiger partial charge in [0.1, 0.15) is 0 Å². The lowest BCUT2D eigenvalue weighted by Crippen LogP contribution is -2.15. The molecule has 12 heavy (non-hydrogen) atoms. The molecule has 0 bridgehead atoms. The molecule has 1 rings (SSSR count). The third kappa shape index (κ3) is 2.95. The van der Waals surface area contributed by atoms with E-state index in [1.807, 2.05) is 0 Å². The zero-order chi connectivity index (χ0) is 8.81. The van der Waals surface area contributed by atoms with Gasteiger partial charge in [0.05, 0.1) is 0 Å². The molecule has 1 N–H and O–H groups in total. The molecule has 0 radical (unpaired) electrons. The van der Waals surface area contributed by atoms with Crippen molar-refractivity contribution in [3.63, 3.8) is 0 Å². The predicted molar refractivity (Wildman–Crippen MR) is 53.9 cm³/mol. The third-order valence-corrected chi connectivity index (χ3v) is 1.97. The Balaban J connectivity index is 2.13. The molecule has 0 aromatic rings. The summed E-state index contributed by atoms with van der Waals surface area (Å²) in [6.07, 6.45) is 9.82. The molecule has 1 aliphatic carbocycles. The van der Waals surface area contributed by atoms with Gasteiger partial charge in [0.15, 0.2) is 0 Å². The Morgan fingerprint density at radius 2 is 2.50 bits per heavy atom. The molecule has 0 aliphatic heterocycles. The first-order valence-electron chi connectivity index (χ1n) is 4.59. The topological polar surface area (TPSA) is 12.0 Å². The molecule has 0 saturated carbocycles. The largest absolute Gasteiger partial charge is 0.385 e. The van der Waals surface area contributed by atoms with Gasteiger partial charge in [-0.1, -0.05) is 38.2 Å². The highest BCUT2D eigenvalue weighted by Crippen LogP contribution is 2.09. The minimum atomic E-state index is 0.964. The third-order valence-electron chi connectivity index (χ3n) is 1.97. The zero-order valence-corrected chi connectivity index (χ0v) is 7.77. The van der Waals surface area contributed by atoms with Crippen LogP contribution in [0.1, 0.15) is 26.2 Å². The van der Waals surface area contributed by atoms with Gasteiger partial charge >= 0.3 is 0 Å². The SMILES string of the molecule is C=C(CCC)NCC1=CC=CC1. The molecule has 0 unspecified atom stereocenters. The van der Waals surface area contributed by atoms with E-state index in [0.717, 1.165) is 25.1 Å². The normalized spacial score (nSPS) is 14.6. The van der Waals surface area contributed by atoms with Crippen molar-refractivity contribution < 1.29 is 0 Å². The number of hydrogen-bond donors (Lipinski definition) is 1. The monoisotopic (exact) mass is 163 g/mol. The van der Waals surface area contributed by atoms with Crippen molar-refractivity contribution in [2.24, 2.45) is 0 Å². The standard InChI is InChI=1S/C11H17N/c1-3-6-10(2)12-9-11-7-4-5-8-11/h4-5,7,12H,2-3,6,8-9H2,1H3. The minimum Gasteiger partial charge on any atom is -0.385 e. The predicted octanol–water partition coefficient (Wildman–Crippen LogP) is 2.78. The summed E-state index contributed by atoms with van der Waals surface area (Å²) in [5.41, 5.74) is 2.61. The zero-order valence-electron chi connectivity index (χ0n) is 7.77. The summed E-state index contributed by atoms with van der Waals surface area (Å²) in [5.74, 6) is 0. The number of hydrogen-bond acceptors (Lipinski definition) is 1.